The van der Waals surface area contributed by atoms with E-state index in [-0.39, 0.29) is 23.6 Å². The molecule has 13 nitrogen and oxygen atoms in total. The Kier molecular flexibility index (Phi) is 14.5. The molecule has 9 heterocycles. The Morgan fingerprint density at radius 2 is 1.14 bits per heavy atom. The number of halogens is 2. The largest absolute Gasteiger partial charge is 0.389 e. The molecule has 8 aromatic rings. The number of β-amino-alcohol motifs (C(OH)–C–C–N with tert-alkyl or cyclic N) is 1. The van der Waals surface area contributed by atoms with Crippen LogP contribution >= 0.6 is 22.7 Å². The number of likely N-dealkylation sites (tertiary alicyclic amines) is 2. The second-order valence-corrected chi connectivity index (χ2v) is 21.1. The molecule has 0 unspecified atom stereocenters. The number of aromatic nitrogens is 6. The van der Waals surface area contributed by atoms with Gasteiger partial charge in [-0.15, -0.1) is 22.7 Å². The maximum atomic E-state index is 13.4. The van der Waals surface area contributed by atoms with Gasteiger partial charge < -0.3 is 25.1 Å². The lowest BCUT2D eigenvalue weighted by atomic mass is 9.89. The van der Waals surface area contributed by atoms with E-state index in [1.807, 2.05) is 17.8 Å². The minimum Gasteiger partial charge on any atom is -0.389 e. The Morgan fingerprint density at radius 1 is 0.694 bits per heavy atom. The zero-order valence-corrected chi connectivity index (χ0v) is 43.5. The fraction of sp³-hybridized carbons (Fsp3) is 0.400. The number of imidazole rings is 2. The van der Waals surface area contributed by atoms with Crippen molar-refractivity contribution in [1.29, 1.82) is 0 Å². The number of piperidine rings is 2. The molecule has 6 aromatic heterocycles. The summed E-state index contributed by atoms with van der Waals surface area (Å²) in [6.07, 6.45) is 10.1. The number of rotatable bonds is 12. The van der Waals surface area contributed by atoms with Gasteiger partial charge in [0.05, 0.1) is 35.4 Å². The molecule has 3 fully saturated rings. The van der Waals surface area contributed by atoms with Gasteiger partial charge in [-0.2, -0.15) is 0 Å². The van der Waals surface area contributed by atoms with E-state index in [2.05, 4.69) is 88.1 Å². The summed E-state index contributed by atoms with van der Waals surface area (Å²) in [4.78, 5) is 40.4. The smallest absolute Gasteiger partial charge is 0.236 e. The third-order valence-electron chi connectivity index (χ3n) is 14.5. The van der Waals surface area contributed by atoms with Crippen molar-refractivity contribution in [3.05, 3.63) is 129 Å². The third-order valence-corrected chi connectivity index (χ3v) is 16.4. The van der Waals surface area contributed by atoms with Gasteiger partial charge in [0.25, 0.3) is 0 Å². The summed E-state index contributed by atoms with van der Waals surface area (Å²) in [5.74, 6) is 2.70. The molecule has 3 aliphatic heterocycles. The number of nitrogens with zero attached hydrogens (tertiary/aromatic N) is 10. The van der Waals surface area contributed by atoms with Crippen molar-refractivity contribution >= 4 is 61.8 Å². The predicted octanol–water partition coefficient (Wildman–Crippen LogP) is 10.3. The Hall–Kier alpha value is -6.11. The molecule has 2 aromatic carbocycles. The summed E-state index contributed by atoms with van der Waals surface area (Å²) in [5.41, 5.74) is 12.6. The van der Waals surface area contributed by atoms with Crippen LogP contribution in [0.4, 0.5) is 30.7 Å². The van der Waals surface area contributed by atoms with Gasteiger partial charge >= 0.3 is 0 Å². The van der Waals surface area contributed by atoms with Crippen LogP contribution in [-0.2, 0) is 17.6 Å². The van der Waals surface area contributed by atoms with Crippen LogP contribution in [0.15, 0.2) is 83.8 Å². The number of thiazole rings is 2. The molecule has 0 radical (unpaired) electrons. The van der Waals surface area contributed by atoms with Gasteiger partial charge in [-0.25, -0.2) is 28.7 Å². The molecule has 11 rings (SSSR count). The van der Waals surface area contributed by atoms with Gasteiger partial charge in [-0.3, -0.25) is 18.5 Å². The van der Waals surface area contributed by atoms with Crippen molar-refractivity contribution in [1.82, 2.24) is 43.9 Å². The number of benzene rings is 2. The standard InChI is InChI=1S/C30H35FN6O2S.C25H28FN5S/c1-4-25-29(34(3)30-33-26(18-40-30)21-5-7-23(31)8-6-21)37-14-22(13-19(2)28(37)32-25)20-9-11-35(12-10-20)17-27(39)36-15-24(38)16-36;1-4-21-24(30(3)25-29-22(15-32-25)18-5-7-20(26)8-6-18)31-14-19(13-16(2)23(31)28-21)17-9-11-27-12-10-17/h5-8,13-14,18,20,24,38H,4,9-12,15-17H2,1-3H3;5-8,13-15,17,27H,4,9-12H2,1-3H3. The molecule has 0 bridgehead atoms. The molecule has 3 saturated heterocycles. The number of amides is 1. The van der Waals surface area contributed by atoms with E-state index in [4.69, 9.17) is 19.9 Å². The normalized spacial score (nSPS) is 16.0. The molecule has 0 aliphatic carbocycles. The molecule has 17 heteroatoms. The fourth-order valence-corrected chi connectivity index (χ4v) is 12.0. The van der Waals surface area contributed by atoms with Crippen molar-refractivity contribution < 1.29 is 18.7 Å². The van der Waals surface area contributed by atoms with E-state index in [1.165, 1.54) is 53.8 Å². The molecule has 0 saturated carbocycles. The lowest BCUT2D eigenvalue weighted by molar-refractivity contribution is -0.142. The van der Waals surface area contributed by atoms with E-state index in [1.54, 1.807) is 51.8 Å². The number of nitrogens with one attached hydrogen (secondary N) is 1. The molecule has 72 heavy (non-hydrogen) atoms. The topological polar surface area (TPSA) is 123 Å². The average molecular weight is 1010 g/mol. The molecule has 2 N–H and O–H groups in total. The first-order valence-corrected chi connectivity index (χ1v) is 26.9. The molecular weight excluding hydrogens is 949 g/mol. The number of aliphatic hydroxyl groups excluding tert-OH is 1. The van der Waals surface area contributed by atoms with Gasteiger partial charge in [0.2, 0.25) is 5.91 Å². The lowest BCUT2D eigenvalue weighted by Gasteiger charge is -2.38. The molecule has 0 atom stereocenters. The van der Waals surface area contributed by atoms with Gasteiger partial charge in [0.15, 0.2) is 10.3 Å². The first-order chi connectivity index (χ1) is 34.8. The number of aryl methyl sites for hydroxylation is 4. The van der Waals surface area contributed by atoms with Crippen molar-refractivity contribution in [3.63, 3.8) is 0 Å². The zero-order chi connectivity index (χ0) is 50.2. The first kappa shape index (κ1) is 49.5. The molecule has 3 aliphatic rings. The van der Waals surface area contributed by atoms with E-state index < -0.39 is 0 Å². The maximum absolute atomic E-state index is 13.4. The predicted molar refractivity (Wildman–Crippen MR) is 286 cm³/mol. The lowest BCUT2D eigenvalue weighted by Crippen LogP contribution is -2.56. The highest BCUT2D eigenvalue weighted by Gasteiger charge is 2.32. The van der Waals surface area contributed by atoms with Gasteiger partial charge in [-0.05, 0) is 161 Å². The summed E-state index contributed by atoms with van der Waals surface area (Å²) in [6.45, 7) is 13.8. The Labute approximate surface area is 427 Å². The number of carbonyl (C=O) groups excluding carboxylic acids is 1. The SMILES string of the molecule is CCc1nc2c(C)cc(C3CCN(CC(=O)N4CC(O)C4)CC3)cn2c1N(C)c1nc(-c2ccc(F)cc2)cs1.CCc1nc2c(C)cc(C3CCNCC3)cn2c1N(C)c1nc(-c2ccc(F)cc2)cs1. The Balaban J connectivity index is 0.000000170. The first-order valence-electron chi connectivity index (χ1n) is 25.2. The zero-order valence-electron chi connectivity index (χ0n) is 41.9. The van der Waals surface area contributed by atoms with Gasteiger partial charge in [-0.1, -0.05) is 26.0 Å². The summed E-state index contributed by atoms with van der Waals surface area (Å²) in [7, 11) is 4.09. The number of hydrogen-bond donors (Lipinski definition) is 2. The quantitative estimate of drug-likeness (QED) is 0.122. The maximum Gasteiger partial charge on any atom is 0.236 e. The van der Waals surface area contributed by atoms with Crippen LogP contribution < -0.4 is 15.1 Å². The van der Waals surface area contributed by atoms with Crippen molar-refractivity contribution in [3.8, 4) is 22.5 Å². The Bertz CT molecular complexity index is 3180. The van der Waals surface area contributed by atoms with Crippen molar-refractivity contribution in [2.75, 3.05) is 69.7 Å². The van der Waals surface area contributed by atoms with Crippen LogP contribution in [0.5, 0.6) is 0 Å². The number of fused-ring (bicyclic) bond motifs is 2. The highest BCUT2D eigenvalue weighted by atomic mass is 32.1. The van der Waals surface area contributed by atoms with Crippen LogP contribution in [0.2, 0.25) is 0 Å². The number of carbonyl (C=O) groups is 1. The van der Waals surface area contributed by atoms with Crippen LogP contribution in [-0.4, -0.2) is 116 Å². The van der Waals surface area contributed by atoms with E-state index >= 15 is 0 Å². The number of pyridine rings is 2. The molecule has 376 valence electrons. The van der Waals surface area contributed by atoms with Gasteiger partial charge in [0, 0.05) is 61.5 Å². The highest BCUT2D eigenvalue weighted by molar-refractivity contribution is 7.14. The fourth-order valence-electron chi connectivity index (χ4n) is 10.4. The van der Waals surface area contributed by atoms with Crippen LogP contribution in [0, 0.1) is 25.5 Å². The summed E-state index contributed by atoms with van der Waals surface area (Å²) in [5, 5.41) is 18.7. The third kappa shape index (κ3) is 10.1. The monoisotopic (exact) mass is 1010 g/mol. The number of anilines is 4. The molecule has 1 amide bonds. The van der Waals surface area contributed by atoms with Crippen LogP contribution in [0.3, 0.4) is 0 Å². The minimum absolute atomic E-state index is 0.115. The molecule has 0 spiro atoms. The van der Waals surface area contributed by atoms with Gasteiger partial charge in [0.1, 0.15) is 34.6 Å². The minimum atomic E-state index is -0.361. The summed E-state index contributed by atoms with van der Waals surface area (Å²) in [6, 6.07) is 17.5. The van der Waals surface area contributed by atoms with Crippen LogP contribution in [0.25, 0.3) is 33.8 Å². The highest BCUT2D eigenvalue weighted by Crippen LogP contribution is 2.38. The second-order valence-electron chi connectivity index (χ2n) is 19.5. The van der Waals surface area contributed by atoms with E-state index in [0.29, 0.717) is 31.5 Å². The average Bonchev–Trinajstić information content (AvgIpc) is 4.22. The van der Waals surface area contributed by atoms with E-state index in [0.717, 1.165) is 125 Å². The number of hydrogen-bond acceptors (Lipinski definition) is 12. The summed E-state index contributed by atoms with van der Waals surface area (Å²) < 4.78 is 31.2. The Morgan fingerprint density at radius 3 is 1.57 bits per heavy atom. The molecular formula is C55H63F2N11O2S2. The summed E-state index contributed by atoms with van der Waals surface area (Å²) >= 11 is 3.15. The van der Waals surface area contributed by atoms with Crippen molar-refractivity contribution in [2.45, 2.75) is 84.2 Å². The van der Waals surface area contributed by atoms with Crippen LogP contribution in [0.1, 0.15) is 85.0 Å². The van der Waals surface area contributed by atoms with E-state index in [9.17, 15) is 18.7 Å². The second kappa shape index (κ2) is 21.2. The number of aliphatic hydroxyl groups is 1. The van der Waals surface area contributed by atoms with Crippen molar-refractivity contribution in [2.24, 2.45) is 0 Å².